The lowest BCUT2D eigenvalue weighted by molar-refractivity contribution is 0.193. The summed E-state index contributed by atoms with van der Waals surface area (Å²) in [5, 5.41) is 0. The Morgan fingerprint density at radius 2 is 2.17 bits per heavy atom. The van der Waals surface area contributed by atoms with E-state index in [1.165, 1.54) is 18.4 Å². The van der Waals surface area contributed by atoms with E-state index < -0.39 is 0 Å². The van der Waals surface area contributed by atoms with Crippen LogP contribution in [-0.2, 0) is 0 Å². The van der Waals surface area contributed by atoms with Crippen LogP contribution >= 0.6 is 0 Å². The Morgan fingerprint density at radius 3 is 2.83 bits per heavy atom. The fourth-order valence-electron chi connectivity index (χ4n) is 3.11. The fraction of sp³-hybridized carbons (Fsp3) is 0.444. The average Bonchev–Trinajstić information content (AvgIpc) is 2.91. The highest BCUT2D eigenvalue weighted by Gasteiger charge is 2.21. The molecule has 23 heavy (non-hydrogen) atoms. The molecular weight excluding hydrogens is 288 g/mol. The zero-order valence-corrected chi connectivity index (χ0v) is 14.0. The maximum atomic E-state index is 6.11. The molecule has 0 radical (unpaired) electrons. The fourth-order valence-corrected chi connectivity index (χ4v) is 3.11. The van der Waals surface area contributed by atoms with E-state index in [1.54, 1.807) is 6.20 Å². The van der Waals surface area contributed by atoms with Crippen LogP contribution in [0.4, 0.5) is 5.82 Å². The van der Waals surface area contributed by atoms with Gasteiger partial charge in [0.2, 0.25) is 5.88 Å². The van der Waals surface area contributed by atoms with Gasteiger partial charge in [0.15, 0.2) is 5.82 Å². The molecule has 1 fully saturated rings. The smallest absolute Gasteiger partial charge is 0.234 e. The average molecular weight is 312 g/mol. The first kappa shape index (κ1) is 15.7. The molecule has 2 heterocycles. The van der Waals surface area contributed by atoms with Gasteiger partial charge in [0, 0.05) is 11.6 Å². The number of likely N-dealkylation sites (N-methyl/N-ethyl adjacent to an activating group) is 1. The van der Waals surface area contributed by atoms with E-state index in [4.69, 9.17) is 10.5 Å². The number of anilines is 1. The van der Waals surface area contributed by atoms with Gasteiger partial charge in [0.05, 0.1) is 6.20 Å². The highest BCUT2D eigenvalue weighted by Crippen LogP contribution is 2.27. The number of aromatic nitrogens is 2. The number of ether oxygens (including phenoxy) is 1. The van der Waals surface area contributed by atoms with Crippen molar-refractivity contribution < 1.29 is 4.74 Å². The highest BCUT2D eigenvalue weighted by molar-refractivity contribution is 5.72. The van der Waals surface area contributed by atoms with Gasteiger partial charge in [-0.3, -0.25) is 0 Å². The van der Waals surface area contributed by atoms with Crippen LogP contribution in [0, 0.1) is 13.8 Å². The van der Waals surface area contributed by atoms with Crippen LogP contribution in [0.5, 0.6) is 5.88 Å². The van der Waals surface area contributed by atoms with Gasteiger partial charge in [0.1, 0.15) is 12.3 Å². The minimum atomic E-state index is 0.411. The minimum Gasteiger partial charge on any atom is -0.475 e. The van der Waals surface area contributed by atoms with E-state index in [0.717, 1.165) is 17.7 Å². The van der Waals surface area contributed by atoms with Gasteiger partial charge in [0.25, 0.3) is 0 Å². The third-order valence-electron chi connectivity index (χ3n) is 4.51. The summed E-state index contributed by atoms with van der Waals surface area (Å²) in [6, 6.07) is 6.68. The summed E-state index contributed by atoms with van der Waals surface area (Å²) in [4.78, 5) is 11.2. The second kappa shape index (κ2) is 6.54. The van der Waals surface area contributed by atoms with Crippen molar-refractivity contribution in [1.82, 2.24) is 14.9 Å². The zero-order chi connectivity index (χ0) is 16.4. The molecule has 2 N–H and O–H groups in total. The predicted octanol–water partition coefficient (Wildman–Crippen LogP) is 2.82. The molecule has 1 atom stereocenters. The monoisotopic (exact) mass is 312 g/mol. The van der Waals surface area contributed by atoms with Crippen molar-refractivity contribution in [1.29, 1.82) is 0 Å². The molecule has 0 bridgehead atoms. The van der Waals surface area contributed by atoms with Gasteiger partial charge >= 0.3 is 0 Å². The molecule has 5 nitrogen and oxygen atoms in total. The standard InChI is InChI=1S/C18H24N4O/c1-12-6-7-15(13(2)9-12)17-18(19)21-16(10-20-17)23-11-14-5-4-8-22(14)3/h6-7,9-10,14H,4-5,8,11H2,1-3H3,(H2,19,21). The number of nitrogens with two attached hydrogens (primary N) is 1. The number of nitrogens with zero attached hydrogens (tertiary/aromatic N) is 3. The van der Waals surface area contributed by atoms with Crippen LogP contribution in [0.15, 0.2) is 24.4 Å². The normalized spacial score (nSPS) is 18.3. The number of nitrogen functional groups attached to an aromatic ring is 1. The molecule has 1 aromatic heterocycles. The Balaban J connectivity index is 1.75. The summed E-state index contributed by atoms with van der Waals surface area (Å²) in [5.74, 6) is 0.908. The SMILES string of the molecule is Cc1ccc(-c2ncc(OCC3CCCN3C)nc2N)c(C)c1. The number of benzene rings is 1. The molecule has 3 rings (SSSR count). The molecule has 1 saturated heterocycles. The van der Waals surface area contributed by atoms with E-state index in [2.05, 4.69) is 47.9 Å². The van der Waals surface area contributed by atoms with Crippen molar-refractivity contribution in [2.75, 3.05) is 25.9 Å². The molecule has 0 amide bonds. The van der Waals surface area contributed by atoms with Crippen molar-refractivity contribution in [3.8, 4) is 17.1 Å². The first-order valence-corrected chi connectivity index (χ1v) is 8.08. The van der Waals surface area contributed by atoms with Crippen LogP contribution in [0.25, 0.3) is 11.3 Å². The summed E-state index contributed by atoms with van der Waals surface area (Å²) in [5.41, 5.74) is 10.2. The van der Waals surface area contributed by atoms with E-state index in [-0.39, 0.29) is 0 Å². The summed E-state index contributed by atoms with van der Waals surface area (Å²) in [7, 11) is 2.13. The van der Waals surface area contributed by atoms with Crippen molar-refractivity contribution in [2.45, 2.75) is 32.7 Å². The van der Waals surface area contributed by atoms with Crippen LogP contribution in [-0.4, -0.2) is 41.1 Å². The van der Waals surface area contributed by atoms with Gasteiger partial charge in [-0.2, -0.15) is 4.98 Å². The summed E-state index contributed by atoms with van der Waals surface area (Å²) in [6.07, 6.45) is 4.06. The molecule has 1 aliphatic heterocycles. The topological polar surface area (TPSA) is 64.3 Å². The molecule has 1 aromatic carbocycles. The highest BCUT2D eigenvalue weighted by atomic mass is 16.5. The lowest BCUT2D eigenvalue weighted by Gasteiger charge is -2.19. The number of hydrogen-bond donors (Lipinski definition) is 1. The first-order chi connectivity index (χ1) is 11.0. The van der Waals surface area contributed by atoms with Gasteiger partial charge in [-0.25, -0.2) is 4.98 Å². The van der Waals surface area contributed by atoms with Crippen LogP contribution in [0.3, 0.4) is 0 Å². The number of rotatable bonds is 4. The Bertz CT molecular complexity index is 701. The Kier molecular flexibility index (Phi) is 4.48. The number of aryl methyl sites for hydroxylation is 2. The summed E-state index contributed by atoms with van der Waals surface area (Å²) in [6.45, 7) is 5.90. The molecule has 5 heteroatoms. The Labute approximate surface area is 137 Å². The van der Waals surface area contributed by atoms with E-state index >= 15 is 0 Å². The molecular formula is C18H24N4O. The van der Waals surface area contributed by atoms with Crippen LogP contribution in [0.2, 0.25) is 0 Å². The van der Waals surface area contributed by atoms with E-state index in [1.807, 2.05) is 6.07 Å². The lowest BCUT2D eigenvalue weighted by Crippen LogP contribution is -2.30. The molecule has 1 aliphatic rings. The maximum Gasteiger partial charge on any atom is 0.234 e. The zero-order valence-electron chi connectivity index (χ0n) is 14.0. The second-order valence-corrected chi connectivity index (χ2v) is 6.35. The third kappa shape index (κ3) is 3.45. The van der Waals surface area contributed by atoms with Gasteiger partial charge in [-0.05, 0) is 45.8 Å². The Morgan fingerprint density at radius 1 is 1.35 bits per heavy atom. The van der Waals surface area contributed by atoms with Crippen LogP contribution in [0.1, 0.15) is 24.0 Å². The summed E-state index contributed by atoms with van der Waals surface area (Å²) < 4.78 is 5.79. The molecule has 122 valence electrons. The molecule has 1 unspecified atom stereocenters. The molecule has 0 saturated carbocycles. The van der Waals surface area contributed by atoms with Crippen LogP contribution < -0.4 is 10.5 Å². The van der Waals surface area contributed by atoms with Gasteiger partial charge in [-0.15, -0.1) is 0 Å². The van der Waals surface area contributed by atoms with Gasteiger partial charge in [-0.1, -0.05) is 23.8 Å². The number of hydrogen-bond acceptors (Lipinski definition) is 5. The molecule has 0 aliphatic carbocycles. The largest absolute Gasteiger partial charge is 0.475 e. The quantitative estimate of drug-likeness (QED) is 0.940. The van der Waals surface area contributed by atoms with Crippen molar-refractivity contribution in [3.63, 3.8) is 0 Å². The molecule has 0 spiro atoms. The van der Waals surface area contributed by atoms with Gasteiger partial charge < -0.3 is 15.4 Å². The van der Waals surface area contributed by atoms with Crippen molar-refractivity contribution >= 4 is 5.82 Å². The lowest BCUT2D eigenvalue weighted by atomic mass is 10.0. The molecule has 2 aromatic rings. The number of likely N-dealkylation sites (tertiary alicyclic amines) is 1. The maximum absolute atomic E-state index is 6.11. The van der Waals surface area contributed by atoms with E-state index in [0.29, 0.717) is 30.0 Å². The third-order valence-corrected chi connectivity index (χ3v) is 4.51. The van der Waals surface area contributed by atoms with E-state index in [9.17, 15) is 0 Å². The minimum absolute atomic E-state index is 0.411. The predicted molar refractivity (Wildman–Crippen MR) is 92.5 cm³/mol. The van der Waals surface area contributed by atoms with Crippen molar-refractivity contribution in [3.05, 3.63) is 35.5 Å². The first-order valence-electron chi connectivity index (χ1n) is 8.08. The van der Waals surface area contributed by atoms with Crippen molar-refractivity contribution in [2.24, 2.45) is 0 Å². The second-order valence-electron chi connectivity index (χ2n) is 6.35. The summed E-state index contributed by atoms with van der Waals surface area (Å²) >= 11 is 0. The Hall–Kier alpha value is -2.14.